The van der Waals surface area contributed by atoms with E-state index in [0.717, 1.165) is 24.8 Å². The Labute approximate surface area is 130 Å². The maximum absolute atomic E-state index is 12.7. The number of amides is 1. The number of carbonyl (C=O) groups is 1. The molecular weight excluding hydrogens is 276 g/mol. The maximum Gasteiger partial charge on any atom is 0.242 e. The van der Waals surface area contributed by atoms with Crippen molar-refractivity contribution in [2.24, 2.45) is 7.05 Å². The molecule has 0 bridgehead atoms. The largest absolute Gasteiger partial charge is 0.348 e. The summed E-state index contributed by atoms with van der Waals surface area (Å²) in [4.78, 5) is 12.7. The van der Waals surface area contributed by atoms with Crippen molar-refractivity contribution in [1.29, 1.82) is 0 Å². The Hall–Kier alpha value is -2.14. The van der Waals surface area contributed by atoms with Gasteiger partial charge in [0.15, 0.2) is 0 Å². The van der Waals surface area contributed by atoms with Gasteiger partial charge in [0.1, 0.15) is 6.04 Å². The van der Waals surface area contributed by atoms with Crippen LogP contribution in [0.2, 0.25) is 0 Å². The molecule has 0 saturated heterocycles. The van der Waals surface area contributed by atoms with Gasteiger partial charge in [0.25, 0.3) is 0 Å². The van der Waals surface area contributed by atoms with Crippen LogP contribution >= 0.6 is 0 Å². The molecule has 116 valence electrons. The molecule has 22 heavy (non-hydrogen) atoms. The molecule has 0 spiro atoms. The van der Waals surface area contributed by atoms with E-state index in [-0.39, 0.29) is 18.0 Å². The second-order valence-corrected chi connectivity index (χ2v) is 5.82. The number of carbonyl (C=O) groups excluding carboxylic acids is 1. The van der Waals surface area contributed by atoms with Gasteiger partial charge in [-0.15, -0.1) is 0 Å². The van der Waals surface area contributed by atoms with Crippen LogP contribution in [0.25, 0.3) is 0 Å². The van der Waals surface area contributed by atoms with Gasteiger partial charge in [0.2, 0.25) is 5.91 Å². The van der Waals surface area contributed by atoms with Crippen molar-refractivity contribution >= 4 is 5.91 Å². The lowest BCUT2D eigenvalue weighted by Crippen LogP contribution is -2.39. The Morgan fingerprint density at radius 3 is 2.95 bits per heavy atom. The number of aromatic nitrogens is 2. The topological polar surface area (TPSA) is 59.0 Å². The smallest absolute Gasteiger partial charge is 0.242 e. The van der Waals surface area contributed by atoms with E-state index in [9.17, 15) is 4.79 Å². The van der Waals surface area contributed by atoms with E-state index in [1.807, 2.05) is 19.3 Å². The SMILES string of the molecule is CNC(C(=O)NC1CCCc2ccccc21)c1cnn(C)c1. The number of nitrogens with zero attached hydrogens (tertiary/aromatic N) is 2. The molecule has 1 amide bonds. The monoisotopic (exact) mass is 298 g/mol. The third-order valence-electron chi connectivity index (χ3n) is 4.29. The Morgan fingerprint density at radius 1 is 1.41 bits per heavy atom. The summed E-state index contributed by atoms with van der Waals surface area (Å²) in [6, 6.07) is 8.12. The third kappa shape index (κ3) is 2.90. The normalized spacial score (nSPS) is 18.5. The summed E-state index contributed by atoms with van der Waals surface area (Å²) in [6.45, 7) is 0. The minimum Gasteiger partial charge on any atom is -0.348 e. The number of hydrogen-bond acceptors (Lipinski definition) is 3. The molecule has 1 heterocycles. The fraction of sp³-hybridized carbons (Fsp3) is 0.412. The average Bonchev–Trinajstić information content (AvgIpc) is 2.94. The van der Waals surface area contributed by atoms with E-state index in [4.69, 9.17) is 0 Å². The molecule has 5 nitrogen and oxygen atoms in total. The number of aryl methyl sites for hydroxylation is 2. The summed E-state index contributed by atoms with van der Waals surface area (Å²) < 4.78 is 1.71. The quantitative estimate of drug-likeness (QED) is 0.906. The van der Waals surface area contributed by atoms with Gasteiger partial charge in [-0.2, -0.15) is 5.10 Å². The second-order valence-electron chi connectivity index (χ2n) is 5.82. The molecule has 1 aromatic heterocycles. The van der Waals surface area contributed by atoms with Crippen molar-refractivity contribution in [3.63, 3.8) is 0 Å². The van der Waals surface area contributed by atoms with Gasteiger partial charge in [-0.25, -0.2) is 0 Å². The van der Waals surface area contributed by atoms with E-state index in [1.165, 1.54) is 11.1 Å². The summed E-state index contributed by atoms with van der Waals surface area (Å²) in [5, 5.41) is 10.4. The standard InChI is InChI=1S/C17H22N4O/c1-18-16(13-10-19-21(2)11-13)17(22)20-15-9-5-7-12-6-3-4-8-14(12)15/h3-4,6,8,10-11,15-16,18H,5,7,9H2,1-2H3,(H,20,22). The van der Waals surface area contributed by atoms with Gasteiger partial charge in [-0.1, -0.05) is 24.3 Å². The average molecular weight is 298 g/mol. The van der Waals surface area contributed by atoms with Crippen molar-refractivity contribution in [1.82, 2.24) is 20.4 Å². The van der Waals surface area contributed by atoms with Crippen molar-refractivity contribution in [2.45, 2.75) is 31.3 Å². The predicted molar refractivity (Wildman–Crippen MR) is 85.3 cm³/mol. The molecular formula is C17H22N4O. The highest BCUT2D eigenvalue weighted by molar-refractivity contribution is 5.83. The molecule has 2 N–H and O–H groups in total. The molecule has 1 aliphatic carbocycles. The first kappa shape index (κ1) is 14.8. The Balaban J connectivity index is 1.77. The third-order valence-corrected chi connectivity index (χ3v) is 4.29. The van der Waals surface area contributed by atoms with E-state index in [0.29, 0.717) is 0 Å². The number of likely N-dealkylation sites (N-methyl/N-ethyl adjacent to an activating group) is 1. The lowest BCUT2D eigenvalue weighted by molar-refractivity contribution is -0.124. The van der Waals surface area contributed by atoms with Crippen LogP contribution in [-0.2, 0) is 18.3 Å². The number of fused-ring (bicyclic) bond motifs is 1. The minimum atomic E-state index is -0.372. The highest BCUT2D eigenvalue weighted by Crippen LogP contribution is 2.30. The number of hydrogen-bond donors (Lipinski definition) is 2. The molecule has 2 unspecified atom stereocenters. The molecule has 2 atom stereocenters. The molecule has 1 aliphatic rings. The van der Waals surface area contributed by atoms with Gasteiger partial charge in [0, 0.05) is 18.8 Å². The lowest BCUT2D eigenvalue weighted by Gasteiger charge is -2.28. The van der Waals surface area contributed by atoms with Gasteiger partial charge < -0.3 is 10.6 Å². The second kappa shape index (κ2) is 6.32. The first-order chi connectivity index (χ1) is 10.7. The van der Waals surface area contributed by atoms with Crippen LogP contribution < -0.4 is 10.6 Å². The van der Waals surface area contributed by atoms with Gasteiger partial charge in [0.05, 0.1) is 12.2 Å². The Kier molecular flexibility index (Phi) is 4.24. The van der Waals surface area contributed by atoms with Crippen LogP contribution in [-0.4, -0.2) is 22.7 Å². The summed E-state index contributed by atoms with van der Waals surface area (Å²) in [5.41, 5.74) is 3.48. The van der Waals surface area contributed by atoms with Crippen molar-refractivity contribution in [2.75, 3.05) is 7.05 Å². The van der Waals surface area contributed by atoms with E-state index in [1.54, 1.807) is 17.9 Å². The molecule has 1 aromatic carbocycles. The van der Waals surface area contributed by atoms with Crippen LogP contribution in [0.1, 0.15) is 41.6 Å². The first-order valence-electron chi connectivity index (χ1n) is 7.73. The van der Waals surface area contributed by atoms with Crippen LogP contribution in [0, 0.1) is 0 Å². The zero-order chi connectivity index (χ0) is 15.5. The van der Waals surface area contributed by atoms with Crippen LogP contribution in [0.15, 0.2) is 36.7 Å². The first-order valence-corrected chi connectivity index (χ1v) is 7.73. The summed E-state index contributed by atoms with van der Waals surface area (Å²) >= 11 is 0. The lowest BCUT2D eigenvalue weighted by atomic mass is 9.87. The highest BCUT2D eigenvalue weighted by Gasteiger charge is 2.26. The van der Waals surface area contributed by atoms with E-state index < -0.39 is 0 Å². The van der Waals surface area contributed by atoms with Gasteiger partial charge >= 0.3 is 0 Å². The fourth-order valence-corrected chi connectivity index (χ4v) is 3.20. The van der Waals surface area contributed by atoms with Gasteiger partial charge in [-0.3, -0.25) is 9.48 Å². The molecule has 3 rings (SSSR count). The molecule has 0 saturated carbocycles. The number of rotatable bonds is 4. The van der Waals surface area contributed by atoms with E-state index >= 15 is 0 Å². The fourth-order valence-electron chi connectivity index (χ4n) is 3.20. The Morgan fingerprint density at radius 2 is 2.23 bits per heavy atom. The molecule has 0 radical (unpaired) electrons. The van der Waals surface area contributed by atoms with E-state index in [2.05, 4.69) is 33.9 Å². The highest BCUT2D eigenvalue weighted by atomic mass is 16.2. The predicted octanol–water partition coefficient (Wildman–Crippen LogP) is 1.87. The molecule has 0 fully saturated rings. The van der Waals surface area contributed by atoms with Crippen molar-refractivity contribution in [3.05, 3.63) is 53.3 Å². The van der Waals surface area contributed by atoms with Crippen LogP contribution in [0.4, 0.5) is 0 Å². The van der Waals surface area contributed by atoms with Crippen molar-refractivity contribution < 1.29 is 4.79 Å². The Bertz CT molecular complexity index is 664. The van der Waals surface area contributed by atoms with Crippen LogP contribution in [0.3, 0.4) is 0 Å². The van der Waals surface area contributed by atoms with Crippen LogP contribution in [0.5, 0.6) is 0 Å². The maximum atomic E-state index is 12.7. The zero-order valence-electron chi connectivity index (χ0n) is 13.0. The summed E-state index contributed by atoms with van der Waals surface area (Å²) in [5.74, 6) is -0.00259. The number of nitrogens with one attached hydrogen (secondary N) is 2. The molecule has 2 aromatic rings. The molecule has 5 heteroatoms. The van der Waals surface area contributed by atoms with Crippen molar-refractivity contribution in [3.8, 4) is 0 Å². The summed E-state index contributed by atoms with van der Waals surface area (Å²) in [6.07, 6.45) is 6.80. The zero-order valence-corrected chi connectivity index (χ0v) is 13.0. The minimum absolute atomic E-state index is 0.00259. The number of benzene rings is 1. The summed E-state index contributed by atoms with van der Waals surface area (Å²) in [7, 11) is 3.65. The molecule has 0 aliphatic heterocycles. The van der Waals surface area contributed by atoms with Gasteiger partial charge in [-0.05, 0) is 37.4 Å².